The maximum atomic E-state index is 12.4. The van der Waals surface area contributed by atoms with Gasteiger partial charge in [-0.05, 0) is 26.0 Å². The summed E-state index contributed by atoms with van der Waals surface area (Å²) in [5.41, 5.74) is -6.84. The third-order valence-corrected chi connectivity index (χ3v) is 4.09. The second-order valence-corrected chi connectivity index (χ2v) is 6.11. The van der Waals surface area contributed by atoms with Crippen LogP contribution in [0.4, 0.5) is 13.2 Å². The molecule has 6 nitrogen and oxygen atoms in total. The van der Waals surface area contributed by atoms with Gasteiger partial charge in [0.05, 0.1) is 5.39 Å². The Labute approximate surface area is 127 Å². The number of fused-ring (bicyclic) bond motifs is 1. The molecule has 0 aliphatic rings. The topological polar surface area (TPSA) is 90.7 Å². The summed E-state index contributed by atoms with van der Waals surface area (Å²) >= 11 is 0. The normalized spacial score (nSPS) is 12.4. The molecule has 2 aromatic rings. The van der Waals surface area contributed by atoms with Gasteiger partial charge in [0, 0.05) is 5.56 Å². The highest BCUT2D eigenvalue weighted by Gasteiger charge is 2.49. The number of aryl methyl sites for hydroxylation is 1. The molecule has 1 aromatic heterocycles. The summed E-state index contributed by atoms with van der Waals surface area (Å²) in [4.78, 5) is 23.2. The van der Waals surface area contributed by atoms with Crippen LogP contribution in [0.15, 0.2) is 21.3 Å². The van der Waals surface area contributed by atoms with E-state index in [9.17, 15) is 31.2 Å². The second-order valence-electron chi connectivity index (χ2n) is 4.57. The van der Waals surface area contributed by atoms with Crippen LogP contribution in [0.3, 0.4) is 0 Å². The quantitative estimate of drug-likeness (QED) is 0.480. The van der Waals surface area contributed by atoms with E-state index < -0.39 is 32.4 Å². The highest BCUT2D eigenvalue weighted by Crippen LogP contribution is 2.31. The van der Waals surface area contributed by atoms with Gasteiger partial charge in [0.1, 0.15) is 11.3 Å². The predicted molar refractivity (Wildman–Crippen MR) is 72.9 cm³/mol. The summed E-state index contributed by atoms with van der Waals surface area (Å²) in [7, 11) is -5.96. The van der Waals surface area contributed by atoms with Crippen LogP contribution < -0.4 is 9.61 Å². The van der Waals surface area contributed by atoms with Crippen LogP contribution in [-0.2, 0) is 10.1 Å². The highest BCUT2D eigenvalue weighted by molar-refractivity contribution is 7.88. The summed E-state index contributed by atoms with van der Waals surface area (Å²) in [6.45, 7) is 2.89. The lowest BCUT2D eigenvalue weighted by Gasteiger charge is -2.12. The zero-order valence-electron chi connectivity index (χ0n) is 11.7. The van der Waals surface area contributed by atoms with Crippen LogP contribution in [0.1, 0.15) is 21.7 Å². The first-order chi connectivity index (χ1) is 10.5. The Morgan fingerprint density at radius 3 is 2.35 bits per heavy atom. The molecular formula is C13H9F3O6S. The van der Waals surface area contributed by atoms with Gasteiger partial charge in [-0.1, -0.05) is 0 Å². The van der Waals surface area contributed by atoms with Crippen molar-refractivity contribution < 1.29 is 35.0 Å². The van der Waals surface area contributed by atoms with Crippen molar-refractivity contribution in [1.82, 2.24) is 0 Å². The third kappa shape index (κ3) is 2.81. The number of halogens is 3. The van der Waals surface area contributed by atoms with Crippen molar-refractivity contribution >= 4 is 27.4 Å². The maximum absolute atomic E-state index is 12.4. The van der Waals surface area contributed by atoms with Gasteiger partial charge < -0.3 is 8.60 Å². The molecule has 0 fully saturated rings. The Hall–Kier alpha value is -2.36. The minimum absolute atomic E-state index is 0.0568. The molecule has 0 saturated heterocycles. The van der Waals surface area contributed by atoms with Crippen LogP contribution in [0.25, 0.3) is 11.0 Å². The van der Waals surface area contributed by atoms with E-state index in [0.717, 1.165) is 12.1 Å². The number of alkyl halides is 3. The van der Waals surface area contributed by atoms with Crippen molar-refractivity contribution in [3.8, 4) is 5.75 Å². The van der Waals surface area contributed by atoms with E-state index in [4.69, 9.17) is 4.42 Å². The van der Waals surface area contributed by atoms with Crippen LogP contribution in [0, 0.1) is 13.8 Å². The van der Waals surface area contributed by atoms with Crippen molar-refractivity contribution in [2.75, 3.05) is 0 Å². The molecular weight excluding hydrogens is 341 g/mol. The van der Waals surface area contributed by atoms with Gasteiger partial charge in [0.25, 0.3) is 0 Å². The summed E-state index contributed by atoms with van der Waals surface area (Å²) < 4.78 is 68.5. The van der Waals surface area contributed by atoms with Gasteiger partial charge in [-0.15, -0.1) is 0 Å². The first kappa shape index (κ1) is 17.0. The average Bonchev–Trinajstić information content (AvgIpc) is 2.43. The number of aldehydes is 1. The van der Waals surface area contributed by atoms with Gasteiger partial charge >= 0.3 is 15.6 Å². The van der Waals surface area contributed by atoms with Gasteiger partial charge in [-0.3, -0.25) is 9.59 Å². The molecule has 0 bridgehead atoms. The average molecular weight is 350 g/mol. The van der Waals surface area contributed by atoms with Crippen molar-refractivity contribution in [3.05, 3.63) is 39.2 Å². The molecule has 0 atom stereocenters. The maximum Gasteiger partial charge on any atom is 0.534 e. The lowest BCUT2D eigenvalue weighted by atomic mass is 10.1. The van der Waals surface area contributed by atoms with Crippen LogP contribution in [0.5, 0.6) is 5.75 Å². The Balaban J connectivity index is 2.76. The molecule has 0 aliphatic heterocycles. The standard InChI is InChI=1S/C13H9F3O6S/c1-6-7(2)21-12-8(11(6)18)3-4-10(9(12)5-17)22-23(19,20)13(14,15)16/h3-5H,1-2H3. The molecule has 0 aliphatic carbocycles. The first-order valence-electron chi connectivity index (χ1n) is 6.02. The molecule has 10 heteroatoms. The largest absolute Gasteiger partial charge is 0.534 e. The molecule has 23 heavy (non-hydrogen) atoms. The number of hydrogen-bond acceptors (Lipinski definition) is 6. The van der Waals surface area contributed by atoms with Crippen LogP contribution >= 0.6 is 0 Å². The molecule has 0 amide bonds. The number of carbonyl (C=O) groups excluding carboxylic acids is 1. The lowest BCUT2D eigenvalue weighted by molar-refractivity contribution is -0.0500. The third-order valence-electron chi connectivity index (χ3n) is 3.13. The minimum atomic E-state index is -5.96. The van der Waals surface area contributed by atoms with E-state index in [0.29, 0.717) is 0 Å². The van der Waals surface area contributed by atoms with E-state index >= 15 is 0 Å². The molecule has 1 heterocycles. The Morgan fingerprint density at radius 1 is 1.22 bits per heavy atom. The van der Waals surface area contributed by atoms with E-state index in [1.807, 2.05) is 0 Å². The SMILES string of the molecule is Cc1oc2c(C=O)c(OS(=O)(=O)C(F)(F)F)ccc2c(=O)c1C. The number of carbonyl (C=O) groups is 1. The lowest BCUT2D eigenvalue weighted by Crippen LogP contribution is -2.28. The molecule has 0 unspecified atom stereocenters. The van der Waals surface area contributed by atoms with E-state index in [1.54, 1.807) is 0 Å². The van der Waals surface area contributed by atoms with Crippen LogP contribution in [-0.4, -0.2) is 20.2 Å². The molecule has 124 valence electrons. The molecule has 2 rings (SSSR count). The number of rotatable bonds is 3. The molecule has 0 spiro atoms. The highest BCUT2D eigenvalue weighted by atomic mass is 32.2. The summed E-state index contributed by atoms with van der Waals surface area (Å²) in [6, 6.07) is 1.82. The molecule has 0 N–H and O–H groups in total. The fraction of sp³-hybridized carbons (Fsp3) is 0.231. The van der Waals surface area contributed by atoms with Gasteiger partial charge in [0.15, 0.2) is 23.0 Å². The zero-order valence-corrected chi connectivity index (χ0v) is 12.5. The minimum Gasteiger partial charge on any atom is -0.460 e. The van der Waals surface area contributed by atoms with E-state index in [-0.39, 0.29) is 28.6 Å². The van der Waals surface area contributed by atoms with Gasteiger partial charge in [-0.2, -0.15) is 21.6 Å². The van der Waals surface area contributed by atoms with Crippen molar-refractivity contribution in [1.29, 1.82) is 0 Å². The molecule has 1 aromatic carbocycles. The van der Waals surface area contributed by atoms with Crippen molar-refractivity contribution in [3.63, 3.8) is 0 Å². The van der Waals surface area contributed by atoms with Crippen molar-refractivity contribution in [2.45, 2.75) is 19.4 Å². The van der Waals surface area contributed by atoms with Crippen molar-refractivity contribution in [2.24, 2.45) is 0 Å². The second kappa shape index (κ2) is 5.37. The predicted octanol–water partition coefficient (Wildman–Crippen LogP) is 2.45. The first-order valence-corrected chi connectivity index (χ1v) is 7.43. The summed E-state index contributed by atoms with van der Waals surface area (Å²) in [5.74, 6) is -0.738. The number of hydrogen-bond donors (Lipinski definition) is 0. The van der Waals surface area contributed by atoms with E-state index in [2.05, 4.69) is 4.18 Å². The van der Waals surface area contributed by atoms with Crippen LogP contribution in [0.2, 0.25) is 0 Å². The van der Waals surface area contributed by atoms with Gasteiger partial charge in [0.2, 0.25) is 0 Å². The Bertz CT molecular complexity index is 956. The molecule has 0 saturated carbocycles. The fourth-order valence-corrected chi connectivity index (χ4v) is 2.29. The fourth-order valence-electron chi connectivity index (χ4n) is 1.81. The number of benzene rings is 1. The zero-order chi connectivity index (χ0) is 17.6. The van der Waals surface area contributed by atoms with Gasteiger partial charge in [-0.25, -0.2) is 0 Å². The smallest absolute Gasteiger partial charge is 0.460 e. The Kier molecular flexibility index (Phi) is 3.97. The van der Waals surface area contributed by atoms with E-state index in [1.165, 1.54) is 13.8 Å². The summed E-state index contributed by atoms with van der Waals surface area (Å²) in [6.07, 6.45) is 0.0568. The summed E-state index contributed by atoms with van der Waals surface area (Å²) in [5, 5.41) is -0.0769. The molecule has 0 radical (unpaired) electrons. The Morgan fingerprint density at radius 2 is 1.83 bits per heavy atom. The monoisotopic (exact) mass is 350 g/mol.